The van der Waals surface area contributed by atoms with Crippen molar-refractivity contribution in [3.05, 3.63) is 71.8 Å². The van der Waals surface area contributed by atoms with Gasteiger partial charge in [-0.15, -0.1) is 0 Å². The van der Waals surface area contributed by atoms with Crippen molar-refractivity contribution in [2.24, 2.45) is 17.3 Å². The zero-order valence-corrected chi connectivity index (χ0v) is 17.1. The molecule has 1 aliphatic rings. The van der Waals surface area contributed by atoms with Crippen LogP contribution < -0.4 is 4.74 Å². The van der Waals surface area contributed by atoms with E-state index in [-0.39, 0.29) is 12.7 Å². The number of hydrogen-bond acceptors (Lipinski definition) is 3. The highest BCUT2D eigenvalue weighted by molar-refractivity contribution is 5.78. The summed E-state index contributed by atoms with van der Waals surface area (Å²) >= 11 is 0. The smallest absolute Gasteiger partial charge is 0.421 e. The molecule has 1 saturated carbocycles. The molecule has 32 heavy (non-hydrogen) atoms. The minimum atomic E-state index is -5.56. The van der Waals surface area contributed by atoms with Crippen LogP contribution in [0.15, 0.2) is 66.2 Å². The first-order chi connectivity index (χ1) is 14.8. The molecule has 0 radical (unpaired) electrons. The fraction of sp³-hybridized carbons (Fsp3) is 0.348. The first-order valence-electron chi connectivity index (χ1n) is 9.65. The third-order valence-electron chi connectivity index (χ3n) is 5.38. The molecular formula is C23H20F6O3. The first-order valence-corrected chi connectivity index (χ1v) is 9.65. The maximum atomic E-state index is 12.8. The Bertz CT molecular complexity index is 977. The largest absolute Gasteiger partial charge is 0.461 e. The van der Waals surface area contributed by atoms with E-state index >= 15 is 0 Å². The Morgan fingerprint density at radius 2 is 1.53 bits per heavy atom. The second-order valence-electron chi connectivity index (χ2n) is 8.07. The first kappa shape index (κ1) is 23.7. The van der Waals surface area contributed by atoms with Crippen LogP contribution in [-0.2, 0) is 16.1 Å². The lowest BCUT2D eigenvalue weighted by molar-refractivity contribution is -0.172. The van der Waals surface area contributed by atoms with Crippen LogP contribution in [0.25, 0.3) is 0 Å². The number of hydrogen-bond donors (Lipinski definition) is 0. The molecule has 2 aromatic carbocycles. The fourth-order valence-corrected chi connectivity index (χ4v) is 3.54. The number of rotatable bonds is 6. The van der Waals surface area contributed by atoms with Gasteiger partial charge in [-0.05, 0) is 41.2 Å². The highest BCUT2D eigenvalue weighted by Crippen LogP contribution is 2.61. The number of halogens is 6. The zero-order chi connectivity index (χ0) is 23.7. The summed E-state index contributed by atoms with van der Waals surface area (Å²) < 4.78 is 87.9. The van der Waals surface area contributed by atoms with Crippen molar-refractivity contribution in [2.75, 3.05) is 0 Å². The molecule has 0 heterocycles. The lowest BCUT2D eigenvalue weighted by Crippen LogP contribution is -2.26. The van der Waals surface area contributed by atoms with Crippen molar-refractivity contribution >= 4 is 5.97 Å². The van der Waals surface area contributed by atoms with E-state index in [4.69, 9.17) is 9.47 Å². The van der Waals surface area contributed by atoms with E-state index in [1.54, 1.807) is 48.5 Å². The fourth-order valence-electron chi connectivity index (χ4n) is 3.54. The van der Waals surface area contributed by atoms with Gasteiger partial charge < -0.3 is 9.47 Å². The molecule has 1 fully saturated rings. The second-order valence-corrected chi connectivity index (χ2v) is 8.07. The normalized spacial score (nSPS) is 19.8. The Kier molecular flexibility index (Phi) is 6.31. The average molecular weight is 458 g/mol. The van der Waals surface area contributed by atoms with Gasteiger partial charge in [0.2, 0.25) is 0 Å². The van der Waals surface area contributed by atoms with Gasteiger partial charge in [-0.3, -0.25) is 4.79 Å². The van der Waals surface area contributed by atoms with Crippen LogP contribution in [0.1, 0.15) is 19.4 Å². The van der Waals surface area contributed by atoms with Crippen molar-refractivity contribution in [2.45, 2.75) is 32.8 Å². The third-order valence-corrected chi connectivity index (χ3v) is 5.38. The molecule has 2 aromatic rings. The van der Waals surface area contributed by atoms with Gasteiger partial charge in [0.1, 0.15) is 23.7 Å². The van der Waals surface area contributed by atoms with Crippen LogP contribution in [-0.4, -0.2) is 18.3 Å². The minimum absolute atomic E-state index is 0.0975. The van der Waals surface area contributed by atoms with Gasteiger partial charge in [0.25, 0.3) is 0 Å². The molecule has 2 unspecified atom stereocenters. The van der Waals surface area contributed by atoms with Crippen LogP contribution in [0.4, 0.5) is 26.3 Å². The Labute approximate surface area is 180 Å². The number of carbonyl (C=O) groups is 1. The van der Waals surface area contributed by atoms with E-state index in [2.05, 4.69) is 0 Å². The molecule has 0 N–H and O–H groups in total. The van der Waals surface area contributed by atoms with Crippen LogP contribution in [0, 0.1) is 17.3 Å². The molecule has 0 amide bonds. The van der Waals surface area contributed by atoms with E-state index in [0.29, 0.717) is 17.1 Å². The van der Waals surface area contributed by atoms with E-state index in [9.17, 15) is 31.1 Å². The number of ether oxygens (including phenoxy) is 2. The van der Waals surface area contributed by atoms with Crippen molar-refractivity contribution < 1.29 is 40.6 Å². The van der Waals surface area contributed by atoms with Crippen molar-refractivity contribution in [3.63, 3.8) is 0 Å². The molecule has 172 valence electrons. The minimum Gasteiger partial charge on any atom is -0.461 e. The molecule has 0 saturated heterocycles. The van der Waals surface area contributed by atoms with E-state index < -0.39 is 41.1 Å². The number of allylic oxidation sites excluding steroid dienone is 2. The highest BCUT2D eigenvalue weighted by Gasteiger charge is 2.63. The molecule has 2 atom stereocenters. The Hall–Kier alpha value is -2.97. The van der Waals surface area contributed by atoms with Crippen LogP contribution >= 0.6 is 0 Å². The highest BCUT2D eigenvalue weighted by atomic mass is 19.4. The van der Waals surface area contributed by atoms with Crippen LogP contribution in [0.2, 0.25) is 0 Å². The van der Waals surface area contributed by atoms with E-state index in [1.807, 2.05) is 6.07 Å². The van der Waals surface area contributed by atoms with Crippen molar-refractivity contribution in [3.8, 4) is 11.5 Å². The molecule has 0 aromatic heterocycles. The van der Waals surface area contributed by atoms with Crippen molar-refractivity contribution in [1.29, 1.82) is 0 Å². The molecule has 3 rings (SSSR count). The Morgan fingerprint density at radius 3 is 2.12 bits per heavy atom. The third kappa shape index (κ3) is 5.44. The summed E-state index contributed by atoms with van der Waals surface area (Å²) in [7, 11) is 0. The summed E-state index contributed by atoms with van der Waals surface area (Å²) in [5.41, 5.74) is -3.13. The maximum Gasteiger partial charge on any atom is 0.421 e. The predicted octanol–water partition coefficient (Wildman–Crippen LogP) is 6.85. The monoisotopic (exact) mass is 458 g/mol. The molecule has 9 heteroatoms. The van der Waals surface area contributed by atoms with Gasteiger partial charge in [-0.1, -0.05) is 50.3 Å². The Balaban J connectivity index is 1.66. The quantitative estimate of drug-likeness (QED) is 0.270. The van der Waals surface area contributed by atoms with E-state index in [1.165, 1.54) is 13.8 Å². The van der Waals surface area contributed by atoms with Gasteiger partial charge in [0.05, 0.1) is 5.92 Å². The predicted molar refractivity (Wildman–Crippen MR) is 104 cm³/mol. The van der Waals surface area contributed by atoms with Gasteiger partial charge in [-0.2, -0.15) is 26.3 Å². The summed E-state index contributed by atoms with van der Waals surface area (Å²) in [5, 5.41) is 0. The zero-order valence-electron chi connectivity index (χ0n) is 17.1. The standard InChI is InChI=1S/C23H20F6O3/c1-21(2)17(12-18(22(24,25)26)23(27,28)29)19(21)20(30)31-13-14-7-6-10-16(11-14)32-15-8-4-3-5-9-15/h3-12,17,19H,13H2,1-2H3. The van der Waals surface area contributed by atoms with Crippen LogP contribution in [0.3, 0.4) is 0 Å². The summed E-state index contributed by atoms with van der Waals surface area (Å²) in [6, 6.07) is 15.6. The van der Waals surface area contributed by atoms with Crippen molar-refractivity contribution in [1.82, 2.24) is 0 Å². The second kappa shape index (κ2) is 8.52. The molecule has 0 aliphatic heterocycles. The molecule has 0 bridgehead atoms. The number of carbonyl (C=O) groups excluding carboxylic acids is 1. The molecule has 3 nitrogen and oxygen atoms in total. The van der Waals surface area contributed by atoms with Crippen LogP contribution in [0.5, 0.6) is 11.5 Å². The molecule has 1 aliphatic carbocycles. The lowest BCUT2D eigenvalue weighted by Gasteiger charge is -2.15. The van der Waals surface area contributed by atoms with E-state index in [0.717, 1.165) is 0 Å². The van der Waals surface area contributed by atoms with Gasteiger partial charge >= 0.3 is 18.3 Å². The SMILES string of the molecule is CC1(C)C(C=C(C(F)(F)F)C(F)(F)F)C1C(=O)OCc1cccc(Oc2ccccc2)c1. The number of esters is 1. The number of benzene rings is 2. The summed E-state index contributed by atoms with van der Waals surface area (Å²) in [4.78, 5) is 12.4. The topological polar surface area (TPSA) is 35.5 Å². The van der Waals surface area contributed by atoms with Gasteiger partial charge in [0.15, 0.2) is 0 Å². The van der Waals surface area contributed by atoms with Gasteiger partial charge in [-0.25, -0.2) is 0 Å². The maximum absolute atomic E-state index is 12.8. The summed E-state index contributed by atoms with van der Waals surface area (Å²) in [5.74, 6) is -2.11. The molecule has 0 spiro atoms. The summed E-state index contributed by atoms with van der Waals surface area (Å²) in [6.45, 7) is 2.66. The number of para-hydroxylation sites is 1. The summed E-state index contributed by atoms with van der Waals surface area (Å²) in [6.07, 6.45) is -11.0. The Morgan fingerprint density at radius 1 is 0.938 bits per heavy atom. The number of alkyl halides is 6. The lowest BCUT2D eigenvalue weighted by atomic mass is 10.1. The van der Waals surface area contributed by atoms with Gasteiger partial charge in [0, 0.05) is 0 Å². The molecular weight excluding hydrogens is 438 g/mol. The average Bonchev–Trinajstić information content (AvgIpc) is 3.24.